The molecular weight excluding hydrogens is 218 g/mol. The van der Waals surface area contributed by atoms with Gasteiger partial charge in [0.1, 0.15) is 5.75 Å². The number of carbonyl (C=O) groups is 1. The molecule has 4 heteroatoms. The first kappa shape index (κ1) is 10.2. The number of aromatic nitrogens is 1. The van der Waals surface area contributed by atoms with Gasteiger partial charge in [0, 0.05) is 11.1 Å². The van der Waals surface area contributed by atoms with Gasteiger partial charge in [0.15, 0.2) is 0 Å². The van der Waals surface area contributed by atoms with Gasteiger partial charge in [-0.2, -0.15) is 0 Å². The molecule has 0 radical (unpaired) electrons. The van der Waals surface area contributed by atoms with E-state index in [-0.39, 0.29) is 5.56 Å². The maximum atomic E-state index is 11.0. The molecule has 2 aromatic rings. The molecule has 1 aliphatic rings. The number of hydrogen-bond donors (Lipinski definition) is 2. The lowest BCUT2D eigenvalue weighted by Gasteiger charge is -2.03. The molecule has 0 aliphatic heterocycles. The average Bonchev–Trinajstić information content (AvgIpc) is 3.07. The highest BCUT2D eigenvalue weighted by Gasteiger charge is 2.26. The lowest BCUT2D eigenvalue weighted by atomic mass is 10.1. The number of aromatic amines is 1. The van der Waals surface area contributed by atoms with Crippen molar-refractivity contribution in [3.8, 4) is 5.75 Å². The number of nitrogens with one attached hydrogen (secondary N) is 1. The normalized spacial score (nSPS) is 15.1. The van der Waals surface area contributed by atoms with Crippen LogP contribution in [-0.4, -0.2) is 23.2 Å². The molecule has 4 nitrogen and oxygen atoms in total. The van der Waals surface area contributed by atoms with Crippen molar-refractivity contribution in [3.05, 3.63) is 29.5 Å². The van der Waals surface area contributed by atoms with E-state index >= 15 is 0 Å². The van der Waals surface area contributed by atoms with Gasteiger partial charge < -0.3 is 14.8 Å². The first-order valence-corrected chi connectivity index (χ1v) is 5.63. The van der Waals surface area contributed by atoms with Crippen LogP contribution in [0.2, 0.25) is 0 Å². The van der Waals surface area contributed by atoms with Gasteiger partial charge in [-0.15, -0.1) is 0 Å². The number of aromatic carboxylic acids is 1. The highest BCUT2D eigenvalue weighted by molar-refractivity contribution is 5.96. The molecule has 0 atom stereocenters. The van der Waals surface area contributed by atoms with Crippen molar-refractivity contribution >= 4 is 16.9 Å². The lowest BCUT2D eigenvalue weighted by molar-refractivity contribution is 0.0696. The summed E-state index contributed by atoms with van der Waals surface area (Å²) in [6.07, 6.45) is 2.42. The van der Waals surface area contributed by atoms with Gasteiger partial charge in [0.05, 0.1) is 18.2 Å². The molecular formula is C13H13NO3. The molecule has 0 amide bonds. The predicted octanol–water partition coefficient (Wildman–Crippen LogP) is 2.75. The van der Waals surface area contributed by atoms with Crippen molar-refractivity contribution in [2.24, 2.45) is 0 Å². The molecule has 0 unspecified atom stereocenters. The molecule has 2 N–H and O–H groups in total. The van der Waals surface area contributed by atoms with Crippen molar-refractivity contribution in [1.29, 1.82) is 0 Å². The van der Waals surface area contributed by atoms with E-state index in [1.165, 1.54) is 18.5 Å². The van der Waals surface area contributed by atoms with E-state index in [2.05, 4.69) is 4.98 Å². The predicted molar refractivity (Wildman–Crippen MR) is 63.8 cm³/mol. The quantitative estimate of drug-likeness (QED) is 0.853. The van der Waals surface area contributed by atoms with Crippen LogP contribution >= 0.6 is 0 Å². The fraction of sp³-hybridized carbons (Fsp3) is 0.308. The van der Waals surface area contributed by atoms with Crippen LogP contribution < -0.4 is 4.74 Å². The van der Waals surface area contributed by atoms with E-state index in [1.54, 1.807) is 19.2 Å². The maximum absolute atomic E-state index is 11.0. The van der Waals surface area contributed by atoms with Crippen LogP contribution in [0.25, 0.3) is 10.9 Å². The van der Waals surface area contributed by atoms with E-state index in [0.29, 0.717) is 11.7 Å². The van der Waals surface area contributed by atoms with Crippen LogP contribution in [0.3, 0.4) is 0 Å². The summed E-state index contributed by atoms with van der Waals surface area (Å²) >= 11 is 0. The number of H-pyrrole nitrogens is 1. The smallest absolute Gasteiger partial charge is 0.335 e. The van der Waals surface area contributed by atoms with Gasteiger partial charge in [-0.1, -0.05) is 0 Å². The molecule has 1 aromatic carbocycles. The Hall–Kier alpha value is -1.97. The fourth-order valence-corrected chi connectivity index (χ4v) is 2.13. The highest BCUT2D eigenvalue weighted by atomic mass is 16.5. The number of fused-ring (bicyclic) bond motifs is 1. The molecule has 0 spiro atoms. The number of carboxylic acids is 1. The molecule has 1 saturated carbocycles. The van der Waals surface area contributed by atoms with Crippen molar-refractivity contribution in [1.82, 2.24) is 4.98 Å². The molecule has 17 heavy (non-hydrogen) atoms. The lowest BCUT2D eigenvalue weighted by Crippen LogP contribution is -1.97. The van der Waals surface area contributed by atoms with Gasteiger partial charge in [-0.05, 0) is 37.0 Å². The van der Waals surface area contributed by atoms with Crippen LogP contribution in [0.4, 0.5) is 0 Å². The third kappa shape index (κ3) is 1.65. The third-order valence-corrected chi connectivity index (χ3v) is 3.20. The molecule has 1 heterocycles. The van der Waals surface area contributed by atoms with Gasteiger partial charge in [-0.25, -0.2) is 4.79 Å². The second-order valence-corrected chi connectivity index (χ2v) is 4.45. The summed E-state index contributed by atoms with van der Waals surface area (Å²) in [4.78, 5) is 14.3. The van der Waals surface area contributed by atoms with Crippen molar-refractivity contribution < 1.29 is 14.6 Å². The number of benzene rings is 1. The van der Waals surface area contributed by atoms with Crippen LogP contribution in [0.5, 0.6) is 5.75 Å². The van der Waals surface area contributed by atoms with Gasteiger partial charge in [0.2, 0.25) is 0 Å². The van der Waals surface area contributed by atoms with Gasteiger partial charge >= 0.3 is 5.97 Å². The van der Waals surface area contributed by atoms with E-state index in [9.17, 15) is 4.79 Å². The Balaban J connectivity index is 2.21. The Morgan fingerprint density at radius 3 is 2.76 bits per heavy atom. The summed E-state index contributed by atoms with van der Waals surface area (Å²) in [6, 6.07) is 5.27. The van der Waals surface area contributed by atoms with E-state index in [0.717, 1.165) is 10.9 Å². The van der Waals surface area contributed by atoms with Crippen molar-refractivity contribution in [2.75, 3.05) is 7.11 Å². The van der Waals surface area contributed by atoms with Gasteiger partial charge in [-0.3, -0.25) is 0 Å². The molecule has 0 bridgehead atoms. The number of rotatable bonds is 3. The Morgan fingerprint density at radius 2 is 2.18 bits per heavy atom. The minimum absolute atomic E-state index is 0.260. The maximum Gasteiger partial charge on any atom is 0.335 e. The summed E-state index contributed by atoms with van der Waals surface area (Å²) in [7, 11) is 1.55. The fourth-order valence-electron chi connectivity index (χ4n) is 2.13. The monoisotopic (exact) mass is 231 g/mol. The Morgan fingerprint density at radius 1 is 1.41 bits per heavy atom. The molecule has 0 saturated heterocycles. The minimum atomic E-state index is -0.931. The Labute approximate surface area is 98.2 Å². The SMILES string of the molecule is COc1cc(C(=O)O)cc2cc(C3CC3)[nH]c12. The average molecular weight is 231 g/mol. The first-order valence-electron chi connectivity index (χ1n) is 5.63. The zero-order valence-electron chi connectivity index (χ0n) is 9.49. The topological polar surface area (TPSA) is 62.3 Å². The largest absolute Gasteiger partial charge is 0.495 e. The van der Waals surface area contributed by atoms with E-state index in [1.807, 2.05) is 6.07 Å². The minimum Gasteiger partial charge on any atom is -0.495 e. The summed E-state index contributed by atoms with van der Waals surface area (Å²) in [5, 5.41) is 9.93. The highest BCUT2D eigenvalue weighted by Crippen LogP contribution is 2.41. The zero-order valence-corrected chi connectivity index (χ0v) is 9.49. The van der Waals surface area contributed by atoms with Crippen LogP contribution in [-0.2, 0) is 0 Å². The molecule has 1 aromatic heterocycles. The third-order valence-electron chi connectivity index (χ3n) is 3.20. The Bertz CT molecular complexity index is 596. The molecule has 1 fully saturated rings. The zero-order chi connectivity index (χ0) is 12.0. The number of hydrogen-bond acceptors (Lipinski definition) is 2. The summed E-state index contributed by atoms with van der Waals surface area (Å²) in [5.41, 5.74) is 2.33. The number of methoxy groups -OCH3 is 1. The second kappa shape index (κ2) is 3.52. The second-order valence-electron chi connectivity index (χ2n) is 4.45. The molecule has 1 aliphatic carbocycles. The van der Waals surface area contributed by atoms with E-state index in [4.69, 9.17) is 9.84 Å². The molecule has 3 rings (SSSR count). The Kier molecular flexibility index (Phi) is 2.11. The van der Waals surface area contributed by atoms with Crippen LogP contribution in [0.1, 0.15) is 34.8 Å². The summed E-state index contributed by atoms with van der Waals surface area (Å²) in [6.45, 7) is 0. The van der Waals surface area contributed by atoms with Crippen LogP contribution in [0, 0.1) is 0 Å². The standard InChI is InChI=1S/C13H13NO3/c1-17-11-6-9(13(15)16)4-8-5-10(7-2-3-7)14-12(8)11/h4-7,14H,2-3H2,1H3,(H,15,16). The van der Waals surface area contributed by atoms with Crippen molar-refractivity contribution in [3.63, 3.8) is 0 Å². The number of carboxylic acid groups (broad SMARTS) is 1. The first-order chi connectivity index (χ1) is 8.19. The van der Waals surface area contributed by atoms with E-state index < -0.39 is 5.97 Å². The van der Waals surface area contributed by atoms with Crippen LogP contribution in [0.15, 0.2) is 18.2 Å². The summed E-state index contributed by atoms with van der Waals surface area (Å²) in [5.74, 6) is 0.270. The van der Waals surface area contributed by atoms with Crippen molar-refractivity contribution in [2.45, 2.75) is 18.8 Å². The molecule has 88 valence electrons. The number of ether oxygens (including phenoxy) is 1. The van der Waals surface area contributed by atoms with Gasteiger partial charge in [0.25, 0.3) is 0 Å². The summed E-state index contributed by atoms with van der Waals surface area (Å²) < 4.78 is 5.24.